The molecule has 0 bridgehead atoms. The van der Waals surface area contributed by atoms with Crippen molar-refractivity contribution in [3.05, 3.63) is 29.8 Å². The quantitative estimate of drug-likeness (QED) is 0.561. The summed E-state index contributed by atoms with van der Waals surface area (Å²) >= 11 is 0. The molecule has 1 aliphatic rings. The lowest BCUT2D eigenvalue weighted by Gasteiger charge is -2.10. The number of ketones is 1. The maximum atomic E-state index is 11.7. The fourth-order valence-corrected chi connectivity index (χ4v) is 2.56. The van der Waals surface area contributed by atoms with Crippen LogP contribution in [0.25, 0.3) is 0 Å². The minimum atomic E-state index is 0.0149. The van der Waals surface area contributed by atoms with Crippen molar-refractivity contribution in [2.75, 3.05) is 19.8 Å². The van der Waals surface area contributed by atoms with E-state index in [0.717, 1.165) is 25.9 Å². The van der Waals surface area contributed by atoms with Crippen molar-refractivity contribution >= 4 is 11.7 Å². The van der Waals surface area contributed by atoms with Gasteiger partial charge < -0.3 is 14.8 Å². The summed E-state index contributed by atoms with van der Waals surface area (Å²) in [6.07, 6.45) is 4.52. The van der Waals surface area contributed by atoms with Crippen LogP contribution in [0.2, 0.25) is 0 Å². The van der Waals surface area contributed by atoms with Crippen LogP contribution in [0.1, 0.15) is 49.4 Å². The first kappa shape index (κ1) is 17.5. The molecule has 5 nitrogen and oxygen atoms in total. The van der Waals surface area contributed by atoms with E-state index in [4.69, 9.17) is 9.47 Å². The first-order valence-corrected chi connectivity index (χ1v) is 8.27. The number of nitrogens with one attached hydrogen (secondary N) is 1. The Kier molecular flexibility index (Phi) is 7.07. The van der Waals surface area contributed by atoms with Gasteiger partial charge in [-0.05, 0) is 44.7 Å². The van der Waals surface area contributed by atoms with Gasteiger partial charge in [0.1, 0.15) is 5.75 Å². The van der Waals surface area contributed by atoms with E-state index in [1.807, 2.05) is 6.07 Å². The molecule has 1 aromatic carbocycles. The van der Waals surface area contributed by atoms with Crippen LogP contribution >= 0.6 is 0 Å². The summed E-state index contributed by atoms with van der Waals surface area (Å²) in [6, 6.07) is 7.10. The average Bonchev–Trinajstić information content (AvgIpc) is 3.05. The highest BCUT2D eigenvalue weighted by Crippen LogP contribution is 2.15. The van der Waals surface area contributed by atoms with Crippen LogP contribution in [-0.2, 0) is 9.53 Å². The largest absolute Gasteiger partial charge is 0.494 e. The SMILES string of the molecule is CC(=O)c1cccc(OCCCC(=O)NCC[C@H]2CCCO2)c1. The van der Waals surface area contributed by atoms with E-state index in [-0.39, 0.29) is 11.7 Å². The molecule has 23 heavy (non-hydrogen) atoms. The number of ether oxygens (including phenoxy) is 2. The number of hydrogen-bond acceptors (Lipinski definition) is 4. The van der Waals surface area contributed by atoms with Gasteiger partial charge >= 0.3 is 0 Å². The third kappa shape index (κ3) is 6.40. The van der Waals surface area contributed by atoms with Crippen molar-refractivity contribution in [3.8, 4) is 5.75 Å². The highest BCUT2D eigenvalue weighted by Gasteiger charge is 2.15. The lowest BCUT2D eigenvalue weighted by atomic mass is 10.1. The Balaban J connectivity index is 1.56. The minimum absolute atomic E-state index is 0.0149. The summed E-state index contributed by atoms with van der Waals surface area (Å²) in [5, 5.41) is 2.91. The Morgan fingerprint density at radius 3 is 3.00 bits per heavy atom. The molecule has 1 N–H and O–H groups in total. The lowest BCUT2D eigenvalue weighted by molar-refractivity contribution is -0.121. The second-order valence-corrected chi connectivity index (χ2v) is 5.81. The maximum Gasteiger partial charge on any atom is 0.220 e. The van der Waals surface area contributed by atoms with Gasteiger partial charge in [0.2, 0.25) is 5.91 Å². The van der Waals surface area contributed by atoms with Crippen LogP contribution in [0.5, 0.6) is 5.75 Å². The number of carbonyl (C=O) groups is 2. The zero-order chi connectivity index (χ0) is 16.5. The number of benzene rings is 1. The van der Waals surface area contributed by atoms with Gasteiger partial charge in [0.25, 0.3) is 0 Å². The van der Waals surface area contributed by atoms with Crippen LogP contribution in [0, 0.1) is 0 Å². The molecule has 0 aliphatic carbocycles. The predicted molar refractivity (Wildman–Crippen MR) is 87.8 cm³/mol. The maximum absolute atomic E-state index is 11.7. The van der Waals surface area contributed by atoms with E-state index in [2.05, 4.69) is 5.32 Å². The van der Waals surface area contributed by atoms with E-state index in [9.17, 15) is 9.59 Å². The van der Waals surface area contributed by atoms with Gasteiger partial charge in [-0.25, -0.2) is 0 Å². The smallest absolute Gasteiger partial charge is 0.220 e. The zero-order valence-corrected chi connectivity index (χ0v) is 13.7. The number of hydrogen-bond donors (Lipinski definition) is 1. The Morgan fingerprint density at radius 2 is 2.26 bits per heavy atom. The highest BCUT2D eigenvalue weighted by atomic mass is 16.5. The topological polar surface area (TPSA) is 64.6 Å². The molecular formula is C18H25NO4. The summed E-state index contributed by atoms with van der Waals surface area (Å²) in [5.74, 6) is 0.724. The van der Waals surface area contributed by atoms with Crippen molar-refractivity contribution in [3.63, 3.8) is 0 Å². The Labute approximate surface area is 137 Å². The van der Waals surface area contributed by atoms with Crippen molar-refractivity contribution in [1.82, 2.24) is 5.32 Å². The summed E-state index contributed by atoms with van der Waals surface area (Å²) in [7, 11) is 0. The molecule has 0 radical (unpaired) electrons. The first-order valence-electron chi connectivity index (χ1n) is 8.27. The molecule has 1 aromatic rings. The summed E-state index contributed by atoms with van der Waals surface area (Å²) in [6.45, 7) is 3.51. The van der Waals surface area contributed by atoms with E-state index >= 15 is 0 Å². The van der Waals surface area contributed by atoms with Crippen molar-refractivity contribution in [2.45, 2.75) is 45.1 Å². The van der Waals surface area contributed by atoms with Crippen molar-refractivity contribution in [2.24, 2.45) is 0 Å². The molecule has 0 saturated carbocycles. The van der Waals surface area contributed by atoms with Crippen LogP contribution in [-0.4, -0.2) is 37.6 Å². The number of amides is 1. The molecule has 0 unspecified atom stereocenters. The molecule has 5 heteroatoms. The van der Waals surface area contributed by atoms with Crippen LogP contribution in [0.4, 0.5) is 0 Å². The fourth-order valence-electron chi connectivity index (χ4n) is 2.56. The number of rotatable bonds is 9. The molecule has 0 spiro atoms. The molecule has 126 valence electrons. The molecule has 0 aromatic heterocycles. The number of Topliss-reactive ketones (excluding diaryl/α,β-unsaturated/α-hetero) is 1. The van der Waals surface area contributed by atoms with Crippen LogP contribution < -0.4 is 10.1 Å². The zero-order valence-electron chi connectivity index (χ0n) is 13.7. The Bertz CT molecular complexity index is 524. The van der Waals surface area contributed by atoms with E-state index < -0.39 is 0 Å². The third-order valence-corrected chi connectivity index (χ3v) is 3.87. The van der Waals surface area contributed by atoms with Gasteiger partial charge in [0.05, 0.1) is 12.7 Å². The molecule has 1 fully saturated rings. The van der Waals surface area contributed by atoms with Crippen LogP contribution in [0.15, 0.2) is 24.3 Å². The predicted octanol–water partition coefficient (Wildman–Crippen LogP) is 2.73. The lowest BCUT2D eigenvalue weighted by Crippen LogP contribution is -2.27. The van der Waals surface area contributed by atoms with E-state index in [0.29, 0.717) is 43.4 Å². The van der Waals surface area contributed by atoms with Gasteiger partial charge in [-0.2, -0.15) is 0 Å². The molecule has 2 rings (SSSR count). The van der Waals surface area contributed by atoms with Gasteiger partial charge in [0, 0.05) is 25.1 Å². The molecule has 1 atom stereocenters. The summed E-state index contributed by atoms with van der Waals surface area (Å²) < 4.78 is 11.1. The monoisotopic (exact) mass is 319 g/mol. The van der Waals surface area contributed by atoms with Crippen molar-refractivity contribution in [1.29, 1.82) is 0 Å². The Morgan fingerprint density at radius 1 is 1.39 bits per heavy atom. The minimum Gasteiger partial charge on any atom is -0.494 e. The fraction of sp³-hybridized carbons (Fsp3) is 0.556. The molecular weight excluding hydrogens is 294 g/mol. The Hall–Kier alpha value is -1.88. The second kappa shape index (κ2) is 9.30. The summed E-state index contributed by atoms with van der Waals surface area (Å²) in [4.78, 5) is 23.0. The third-order valence-electron chi connectivity index (χ3n) is 3.87. The molecule has 1 heterocycles. The molecule has 1 amide bonds. The van der Waals surface area contributed by atoms with Gasteiger partial charge in [-0.1, -0.05) is 12.1 Å². The van der Waals surface area contributed by atoms with Gasteiger partial charge in [-0.15, -0.1) is 0 Å². The van der Waals surface area contributed by atoms with Gasteiger partial charge in [-0.3, -0.25) is 9.59 Å². The second-order valence-electron chi connectivity index (χ2n) is 5.81. The van der Waals surface area contributed by atoms with E-state index in [1.54, 1.807) is 18.2 Å². The standard InChI is InChI=1S/C18H25NO4/c1-14(20)15-5-2-6-17(13-15)23-12-4-8-18(21)19-10-9-16-7-3-11-22-16/h2,5-6,13,16H,3-4,7-12H2,1H3,(H,19,21)/t16-/m1/s1. The van der Waals surface area contributed by atoms with Gasteiger partial charge in [0.15, 0.2) is 5.78 Å². The normalized spacial score (nSPS) is 17.0. The number of carbonyl (C=O) groups excluding carboxylic acids is 2. The first-order chi connectivity index (χ1) is 11.1. The van der Waals surface area contributed by atoms with Crippen LogP contribution in [0.3, 0.4) is 0 Å². The average molecular weight is 319 g/mol. The molecule has 1 saturated heterocycles. The highest BCUT2D eigenvalue weighted by molar-refractivity contribution is 5.94. The van der Waals surface area contributed by atoms with E-state index in [1.165, 1.54) is 6.92 Å². The summed E-state index contributed by atoms with van der Waals surface area (Å²) in [5.41, 5.74) is 0.634. The molecule has 1 aliphatic heterocycles. The van der Waals surface area contributed by atoms with Crippen molar-refractivity contribution < 1.29 is 19.1 Å².